The molecule has 9 heteroatoms. The lowest BCUT2D eigenvalue weighted by atomic mass is 10.1. The van der Waals surface area contributed by atoms with Crippen molar-refractivity contribution in [2.24, 2.45) is 0 Å². The number of aliphatic hydroxyl groups excluding tert-OH is 1. The number of allylic oxidation sites excluding steroid dienone is 3. The molecule has 0 aromatic rings. The molecule has 0 heterocycles. The number of phosphoric ester groups is 1. The number of hydrogen-bond donors (Lipinski definition) is 2. The van der Waals surface area contributed by atoms with Gasteiger partial charge in [-0.2, -0.15) is 0 Å². The van der Waals surface area contributed by atoms with Crippen LogP contribution >= 0.6 is 7.82 Å². The van der Waals surface area contributed by atoms with Crippen molar-refractivity contribution in [1.29, 1.82) is 0 Å². The number of carbonyl (C=O) groups is 1. The van der Waals surface area contributed by atoms with Crippen molar-refractivity contribution in [2.45, 2.75) is 116 Å². The largest absolute Gasteiger partial charge is 0.756 e. The van der Waals surface area contributed by atoms with Crippen LogP contribution in [0.15, 0.2) is 24.3 Å². The zero-order chi connectivity index (χ0) is 28.7. The molecule has 3 atom stereocenters. The number of carbonyl (C=O) groups excluding carboxylic acids is 1. The van der Waals surface area contributed by atoms with Crippen molar-refractivity contribution in [1.82, 2.24) is 5.32 Å². The summed E-state index contributed by atoms with van der Waals surface area (Å²) in [6.45, 7) is 4.46. The highest BCUT2D eigenvalue weighted by molar-refractivity contribution is 7.45. The number of nitrogens with zero attached hydrogens (tertiary/aromatic N) is 1. The average Bonchev–Trinajstić information content (AvgIpc) is 2.84. The number of unbranched alkanes of at least 4 members (excludes halogenated alkanes) is 11. The van der Waals surface area contributed by atoms with Crippen molar-refractivity contribution in [3.8, 4) is 0 Å². The number of aliphatic hydroxyl groups is 1. The van der Waals surface area contributed by atoms with Crippen LogP contribution in [0.4, 0.5) is 0 Å². The standard InChI is InChI=1S/C29H57N2O6P/c1-6-8-10-12-14-15-17-18-20-22-28(32)27(26-37-38(34,35)36-25-24-31(3,4)5)30-29(33)23-21-19-16-13-11-9-7-2/h17-18,20,22,27-28,32H,6-16,19,21,23-26H2,1-5H3,(H-,30,33,34,35)/b18-17+,22-20+/t27-,28+/m0/s1. The van der Waals surface area contributed by atoms with E-state index in [0.29, 0.717) is 17.4 Å². The molecule has 224 valence electrons. The van der Waals surface area contributed by atoms with Crippen LogP contribution in [-0.2, 0) is 18.4 Å². The number of amides is 1. The Hall–Kier alpha value is -1.02. The fraction of sp³-hybridized carbons (Fsp3) is 0.828. The van der Waals surface area contributed by atoms with Crippen molar-refractivity contribution in [3.05, 3.63) is 24.3 Å². The van der Waals surface area contributed by atoms with E-state index in [-0.39, 0.29) is 12.5 Å². The zero-order valence-electron chi connectivity index (χ0n) is 24.9. The Kier molecular flexibility index (Phi) is 22.1. The summed E-state index contributed by atoms with van der Waals surface area (Å²) in [5.74, 6) is -0.228. The average molecular weight is 561 g/mol. The quantitative estimate of drug-likeness (QED) is 0.0646. The van der Waals surface area contributed by atoms with E-state index in [1.807, 2.05) is 33.3 Å². The van der Waals surface area contributed by atoms with E-state index in [1.165, 1.54) is 51.4 Å². The second-order valence-electron chi connectivity index (χ2n) is 11.1. The van der Waals surface area contributed by atoms with Crippen LogP contribution in [0.2, 0.25) is 0 Å². The van der Waals surface area contributed by atoms with Gasteiger partial charge in [-0.3, -0.25) is 9.36 Å². The molecule has 0 aliphatic rings. The van der Waals surface area contributed by atoms with Gasteiger partial charge in [-0.25, -0.2) is 0 Å². The van der Waals surface area contributed by atoms with Crippen molar-refractivity contribution in [3.63, 3.8) is 0 Å². The normalized spacial score (nSPS) is 15.7. The maximum Gasteiger partial charge on any atom is 0.268 e. The van der Waals surface area contributed by atoms with E-state index >= 15 is 0 Å². The minimum Gasteiger partial charge on any atom is -0.756 e. The van der Waals surface area contributed by atoms with Crippen LogP contribution in [0.3, 0.4) is 0 Å². The smallest absolute Gasteiger partial charge is 0.268 e. The van der Waals surface area contributed by atoms with Crippen LogP contribution < -0.4 is 10.2 Å². The van der Waals surface area contributed by atoms with Crippen molar-refractivity contribution in [2.75, 3.05) is 40.9 Å². The summed E-state index contributed by atoms with van der Waals surface area (Å²) in [7, 11) is 1.22. The minimum absolute atomic E-state index is 0.00868. The Morgan fingerprint density at radius 3 is 2.11 bits per heavy atom. The van der Waals surface area contributed by atoms with Gasteiger partial charge in [0.2, 0.25) is 5.91 Å². The molecule has 0 saturated carbocycles. The number of rotatable bonds is 25. The zero-order valence-corrected chi connectivity index (χ0v) is 25.8. The molecular formula is C29H57N2O6P. The summed E-state index contributed by atoms with van der Waals surface area (Å²) in [6.07, 6.45) is 21.1. The predicted molar refractivity (Wildman–Crippen MR) is 155 cm³/mol. The molecular weight excluding hydrogens is 503 g/mol. The lowest BCUT2D eigenvalue weighted by Gasteiger charge is -2.29. The van der Waals surface area contributed by atoms with E-state index in [4.69, 9.17) is 9.05 Å². The fourth-order valence-electron chi connectivity index (χ4n) is 3.74. The van der Waals surface area contributed by atoms with Crippen LogP contribution in [-0.4, -0.2) is 68.5 Å². The SMILES string of the molecule is CCCCCCC/C=C/C=C/[C@@H](O)[C@H](COP(=O)([O-])OCC[N+](C)(C)C)NC(=O)CCCCCCCCC. The number of hydrogen-bond acceptors (Lipinski definition) is 6. The molecule has 8 nitrogen and oxygen atoms in total. The topological polar surface area (TPSA) is 108 Å². The minimum atomic E-state index is -4.57. The van der Waals surface area contributed by atoms with E-state index in [9.17, 15) is 19.4 Å². The second kappa shape index (κ2) is 22.8. The summed E-state index contributed by atoms with van der Waals surface area (Å²) < 4.78 is 22.8. The Labute approximate surface area is 233 Å². The third-order valence-electron chi connectivity index (χ3n) is 6.22. The van der Waals surface area contributed by atoms with Gasteiger partial charge in [0.25, 0.3) is 7.82 Å². The molecule has 0 aromatic heterocycles. The molecule has 38 heavy (non-hydrogen) atoms. The molecule has 0 radical (unpaired) electrons. The number of quaternary nitrogens is 1. The molecule has 0 saturated heterocycles. The lowest BCUT2D eigenvalue weighted by molar-refractivity contribution is -0.870. The van der Waals surface area contributed by atoms with E-state index in [1.54, 1.807) is 12.2 Å². The summed E-state index contributed by atoms with van der Waals surface area (Å²) >= 11 is 0. The van der Waals surface area contributed by atoms with Gasteiger partial charge in [0.15, 0.2) is 0 Å². The third-order valence-corrected chi connectivity index (χ3v) is 7.18. The molecule has 0 fully saturated rings. The molecule has 1 amide bonds. The first-order valence-corrected chi connectivity index (χ1v) is 16.2. The third kappa shape index (κ3) is 24.1. The highest BCUT2D eigenvalue weighted by Gasteiger charge is 2.23. The maximum absolute atomic E-state index is 12.5. The van der Waals surface area contributed by atoms with Gasteiger partial charge in [0, 0.05) is 6.42 Å². The van der Waals surface area contributed by atoms with E-state index in [0.717, 1.165) is 32.1 Å². The van der Waals surface area contributed by atoms with Gasteiger partial charge in [-0.1, -0.05) is 102 Å². The van der Waals surface area contributed by atoms with Gasteiger partial charge in [-0.15, -0.1) is 0 Å². The number of phosphoric acid groups is 1. The van der Waals surface area contributed by atoms with E-state index < -0.39 is 26.6 Å². The first-order valence-electron chi connectivity index (χ1n) is 14.7. The highest BCUT2D eigenvalue weighted by atomic mass is 31.2. The van der Waals surface area contributed by atoms with Gasteiger partial charge < -0.3 is 28.8 Å². The molecule has 0 aliphatic carbocycles. The Morgan fingerprint density at radius 2 is 1.50 bits per heavy atom. The summed E-state index contributed by atoms with van der Waals surface area (Å²) in [4.78, 5) is 24.8. The lowest BCUT2D eigenvalue weighted by Crippen LogP contribution is -2.45. The Balaban J connectivity index is 4.81. The first kappa shape index (κ1) is 37.0. The van der Waals surface area contributed by atoms with Crippen molar-refractivity contribution < 1.29 is 32.9 Å². The molecule has 0 rings (SSSR count). The van der Waals surface area contributed by atoms with Crippen LogP contribution in [0.1, 0.15) is 104 Å². The van der Waals surface area contributed by atoms with Gasteiger partial charge >= 0.3 is 0 Å². The van der Waals surface area contributed by atoms with Gasteiger partial charge in [0.05, 0.1) is 39.9 Å². The Morgan fingerprint density at radius 1 is 0.921 bits per heavy atom. The van der Waals surface area contributed by atoms with Crippen LogP contribution in [0.25, 0.3) is 0 Å². The van der Waals surface area contributed by atoms with Gasteiger partial charge in [0.1, 0.15) is 13.2 Å². The molecule has 0 spiro atoms. The molecule has 1 unspecified atom stereocenters. The monoisotopic (exact) mass is 560 g/mol. The summed E-state index contributed by atoms with van der Waals surface area (Å²) in [5.41, 5.74) is 0. The summed E-state index contributed by atoms with van der Waals surface area (Å²) in [6, 6.07) is -0.907. The molecule has 0 aromatic carbocycles. The fourth-order valence-corrected chi connectivity index (χ4v) is 4.46. The van der Waals surface area contributed by atoms with Crippen LogP contribution in [0.5, 0.6) is 0 Å². The van der Waals surface area contributed by atoms with Gasteiger partial charge in [-0.05, 0) is 19.3 Å². The van der Waals surface area contributed by atoms with E-state index in [2.05, 4.69) is 19.2 Å². The van der Waals surface area contributed by atoms with Crippen molar-refractivity contribution >= 4 is 13.7 Å². The summed E-state index contributed by atoms with van der Waals surface area (Å²) in [5, 5.41) is 13.4. The molecule has 0 bridgehead atoms. The predicted octanol–water partition coefficient (Wildman–Crippen LogP) is 5.65. The second-order valence-corrected chi connectivity index (χ2v) is 12.6. The number of likely N-dealkylation sites (N-methyl/N-ethyl adjacent to an activating group) is 1. The highest BCUT2D eigenvalue weighted by Crippen LogP contribution is 2.38. The van der Waals surface area contributed by atoms with Crippen LogP contribution in [0, 0.1) is 0 Å². The number of nitrogens with one attached hydrogen (secondary N) is 1. The molecule has 2 N–H and O–H groups in total. The molecule has 0 aliphatic heterocycles. The Bertz CT molecular complexity index is 693. The maximum atomic E-state index is 12.5. The first-order chi connectivity index (χ1) is 18.0.